The van der Waals surface area contributed by atoms with Crippen molar-refractivity contribution in [3.05, 3.63) is 36.5 Å². The minimum Gasteiger partial charge on any atom is -0.300 e. The topological polar surface area (TPSA) is 34.0 Å². The number of benzene rings is 1. The van der Waals surface area contributed by atoms with Crippen molar-refractivity contribution in [2.75, 3.05) is 7.05 Å². The van der Waals surface area contributed by atoms with Crippen LogP contribution in [0, 0.1) is 0 Å². The Labute approximate surface area is 119 Å². The maximum atomic E-state index is 4.39. The Morgan fingerprint density at radius 2 is 1.70 bits per heavy atom. The lowest BCUT2D eigenvalue weighted by molar-refractivity contribution is 0.130. The molecule has 2 aliphatic heterocycles. The van der Waals surface area contributed by atoms with Crippen LogP contribution in [0.1, 0.15) is 31.7 Å². The molecule has 2 fully saturated rings. The van der Waals surface area contributed by atoms with Gasteiger partial charge in [0.05, 0.1) is 12.2 Å². The molecule has 20 heavy (non-hydrogen) atoms. The molecule has 2 aromatic rings. The molecule has 0 aliphatic carbocycles. The van der Waals surface area contributed by atoms with E-state index in [0.29, 0.717) is 6.04 Å². The Bertz CT molecular complexity index is 578. The van der Waals surface area contributed by atoms with Crippen molar-refractivity contribution in [2.45, 2.75) is 43.8 Å². The Morgan fingerprint density at radius 3 is 2.40 bits per heavy atom. The third-order valence-corrected chi connectivity index (χ3v) is 5.03. The lowest BCUT2D eigenvalue weighted by atomic mass is 9.98. The first-order valence-corrected chi connectivity index (χ1v) is 7.50. The molecule has 2 aliphatic rings. The van der Waals surface area contributed by atoms with Crippen molar-refractivity contribution < 1.29 is 0 Å². The largest absolute Gasteiger partial charge is 0.300 e. The van der Waals surface area contributed by atoms with E-state index in [9.17, 15) is 0 Å². The lowest BCUT2D eigenvalue weighted by Crippen LogP contribution is -2.40. The van der Waals surface area contributed by atoms with E-state index in [4.69, 9.17) is 0 Å². The maximum absolute atomic E-state index is 4.39. The normalized spacial score (nSPS) is 29.8. The van der Waals surface area contributed by atoms with Crippen LogP contribution in [0.3, 0.4) is 0 Å². The van der Waals surface area contributed by atoms with Gasteiger partial charge in [0.1, 0.15) is 5.69 Å². The van der Waals surface area contributed by atoms with Gasteiger partial charge in [-0.25, -0.2) is 4.68 Å². The highest BCUT2D eigenvalue weighted by Crippen LogP contribution is 2.39. The molecule has 0 spiro atoms. The van der Waals surface area contributed by atoms with Crippen LogP contribution in [0.2, 0.25) is 0 Å². The van der Waals surface area contributed by atoms with E-state index in [1.807, 2.05) is 18.2 Å². The van der Waals surface area contributed by atoms with Crippen LogP contribution in [0.5, 0.6) is 0 Å². The fourth-order valence-corrected chi connectivity index (χ4v) is 3.80. The van der Waals surface area contributed by atoms with Gasteiger partial charge in [-0.3, -0.25) is 0 Å². The number of rotatable bonds is 2. The molecule has 4 rings (SSSR count). The highest BCUT2D eigenvalue weighted by atomic mass is 15.4. The van der Waals surface area contributed by atoms with Gasteiger partial charge >= 0.3 is 0 Å². The Hall–Kier alpha value is -1.68. The maximum Gasteiger partial charge on any atom is 0.113 e. The second kappa shape index (κ2) is 4.70. The van der Waals surface area contributed by atoms with Crippen molar-refractivity contribution in [1.29, 1.82) is 0 Å². The Morgan fingerprint density at radius 1 is 1.00 bits per heavy atom. The molecule has 0 unspecified atom stereocenters. The monoisotopic (exact) mass is 268 g/mol. The molecule has 1 aromatic carbocycles. The summed E-state index contributed by atoms with van der Waals surface area (Å²) in [5.74, 6) is 0. The number of aromatic nitrogens is 3. The highest BCUT2D eigenvalue weighted by molar-refractivity contribution is 5.57. The van der Waals surface area contributed by atoms with Gasteiger partial charge in [0.2, 0.25) is 0 Å². The van der Waals surface area contributed by atoms with E-state index in [0.717, 1.165) is 23.3 Å². The van der Waals surface area contributed by atoms with Crippen LogP contribution in [-0.2, 0) is 0 Å². The summed E-state index contributed by atoms with van der Waals surface area (Å²) < 4.78 is 2.10. The fraction of sp³-hybridized carbons (Fsp3) is 0.500. The number of hydrogen-bond donors (Lipinski definition) is 0. The Balaban J connectivity index is 1.57. The molecular formula is C16H20N4. The van der Waals surface area contributed by atoms with Gasteiger partial charge in [-0.05, 0) is 32.7 Å². The summed E-state index contributed by atoms with van der Waals surface area (Å²) in [6, 6.07) is 12.3. The number of hydrogen-bond acceptors (Lipinski definition) is 3. The molecule has 4 nitrogen and oxygen atoms in total. The van der Waals surface area contributed by atoms with Crippen molar-refractivity contribution in [2.24, 2.45) is 0 Å². The molecule has 4 heteroatoms. The van der Waals surface area contributed by atoms with Crippen molar-refractivity contribution in [3.8, 4) is 11.3 Å². The van der Waals surface area contributed by atoms with E-state index in [-0.39, 0.29) is 0 Å². The number of nitrogens with zero attached hydrogens (tertiary/aromatic N) is 4. The summed E-state index contributed by atoms with van der Waals surface area (Å²) >= 11 is 0. The zero-order valence-electron chi connectivity index (χ0n) is 11.8. The molecule has 0 radical (unpaired) electrons. The van der Waals surface area contributed by atoms with Gasteiger partial charge in [-0.2, -0.15) is 0 Å². The van der Waals surface area contributed by atoms with Crippen molar-refractivity contribution in [1.82, 2.24) is 19.9 Å². The van der Waals surface area contributed by atoms with Gasteiger partial charge < -0.3 is 4.90 Å². The van der Waals surface area contributed by atoms with Crippen molar-refractivity contribution in [3.63, 3.8) is 0 Å². The minimum atomic E-state index is 0.522. The lowest BCUT2D eigenvalue weighted by Gasteiger charge is -2.36. The molecule has 3 heterocycles. The van der Waals surface area contributed by atoms with Crippen LogP contribution in [0.25, 0.3) is 11.3 Å². The fourth-order valence-electron chi connectivity index (χ4n) is 3.80. The smallest absolute Gasteiger partial charge is 0.113 e. The average molecular weight is 268 g/mol. The second-order valence-electron chi connectivity index (χ2n) is 6.13. The Kier molecular flexibility index (Phi) is 2.84. The standard InChI is InChI=1S/C16H20N4/c1-19-13-7-8-14(19)10-15(9-13)20-11-16(17-18-20)12-5-3-2-4-6-12/h2-6,11,13-15H,7-10H2,1H3/t13-,14+,15+. The summed E-state index contributed by atoms with van der Waals surface area (Å²) in [6.07, 6.45) is 7.23. The summed E-state index contributed by atoms with van der Waals surface area (Å²) in [5.41, 5.74) is 2.13. The highest BCUT2D eigenvalue weighted by Gasteiger charge is 2.39. The molecule has 2 saturated heterocycles. The molecule has 0 N–H and O–H groups in total. The van der Waals surface area contributed by atoms with E-state index in [1.54, 1.807) is 0 Å². The summed E-state index contributed by atoms with van der Waals surface area (Å²) in [4.78, 5) is 2.56. The summed E-state index contributed by atoms with van der Waals surface area (Å²) in [7, 11) is 2.27. The molecule has 3 atom stereocenters. The first-order valence-electron chi connectivity index (χ1n) is 7.50. The quantitative estimate of drug-likeness (QED) is 0.840. The molecule has 0 amide bonds. The first kappa shape index (κ1) is 12.1. The predicted octanol–water partition coefficient (Wildman–Crippen LogP) is 2.74. The predicted molar refractivity (Wildman–Crippen MR) is 78.3 cm³/mol. The molecule has 0 saturated carbocycles. The van der Waals surface area contributed by atoms with Crippen LogP contribution < -0.4 is 0 Å². The van der Waals surface area contributed by atoms with Gasteiger partial charge in [0, 0.05) is 17.6 Å². The van der Waals surface area contributed by atoms with Gasteiger partial charge in [-0.15, -0.1) is 5.10 Å². The van der Waals surface area contributed by atoms with E-state index < -0.39 is 0 Å². The number of piperidine rings is 1. The van der Waals surface area contributed by atoms with E-state index in [1.165, 1.54) is 25.7 Å². The second-order valence-corrected chi connectivity index (χ2v) is 6.13. The van der Waals surface area contributed by atoms with E-state index >= 15 is 0 Å². The van der Waals surface area contributed by atoms with E-state index in [2.05, 4.69) is 45.3 Å². The molecule has 2 bridgehead atoms. The van der Waals surface area contributed by atoms with Gasteiger partial charge in [0.25, 0.3) is 0 Å². The number of fused-ring (bicyclic) bond motifs is 2. The molecule has 104 valence electrons. The summed E-state index contributed by atoms with van der Waals surface area (Å²) in [6.45, 7) is 0. The third kappa shape index (κ3) is 1.95. The zero-order valence-corrected chi connectivity index (χ0v) is 11.8. The van der Waals surface area contributed by atoms with Gasteiger partial charge in [-0.1, -0.05) is 35.5 Å². The SMILES string of the molecule is CN1[C@@H]2CC[C@H]1C[C@@H](n1cc(-c3ccccc3)nn1)C2. The molecule has 1 aromatic heterocycles. The van der Waals surface area contributed by atoms with Gasteiger partial charge in [0.15, 0.2) is 0 Å². The summed E-state index contributed by atoms with van der Waals surface area (Å²) in [5, 5.41) is 8.74. The average Bonchev–Trinajstić information content (AvgIpc) is 3.03. The molecular weight excluding hydrogens is 248 g/mol. The minimum absolute atomic E-state index is 0.522. The van der Waals surface area contributed by atoms with Crippen LogP contribution in [-0.4, -0.2) is 39.0 Å². The van der Waals surface area contributed by atoms with Crippen LogP contribution in [0.15, 0.2) is 36.5 Å². The third-order valence-electron chi connectivity index (χ3n) is 5.03. The van der Waals surface area contributed by atoms with Crippen LogP contribution >= 0.6 is 0 Å². The first-order chi connectivity index (χ1) is 9.81. The zero-order chi connectivity index (χ0) is 13.5. The van der Waals surface area contributed by atoms with Crippen molar-refractivity contribution >= 4 is 0 Å². The van der Waals surface area contributed by atoms with Crippen LogP contribution in [0.4, 0.5) is 0 Å².